The minimum Gasteiger partial charge on any atom is -0.493 e. The molecule has 0 aliphatic heterocycles. The standard InChI is InChI=1S/C29H25F3N2O7/c1-19-25(33-27(39-19)21-7-3-2-4-8-21)14-15-38-24-9-5-6-20(16-24)17-34(18-26(35)36)28(37)40-22-10-12-23(13-11-22)41-29(30,31)32/h2-13,16H,14-15,17-18H2,1H3,(H,35,36). The summed E-state index contributed by atoms with van der Waals surface area (Å²) in [5.74, 6) is -0.151. The third kappa shape index (κ3) is 8.75. The SMILES string of the molecule is Cc1oc(-c2ccccc2)nc1CCOc1cccc(CN(CC(=O)O)C(=O)Oc2ccc(OC(F)(F)F)cc2)c1. The molecule has 0 spiro atoms. The average Bonchev–Trinajstić information content (AvgIpc) is 3.29. The van der Waals surface area contributed by atoms with Gasteiger partial charge in [-0.15, -0.1) is 13.2 Å². The van der Waals surface area contributed by atoms with Gasteiger partial charge < -0.3 is 23.7 Å². The normalized spacial score (nSPS) is 11.1. The molecule has 0 atom stereocenters. The van der Waals surface area contributed by atoms with Crippen molar-refractivity contribution in [2.24, 2.45) is 0 Å². The molecule has 41 heavy (non-hydrogen) atoms. The predicted molar refractivity (Wildman–Crippen MR) is 140 cm³/mol. The van der Waals surface area contributed by atoms with Crippen LogP contribution in [0.4, 0.5) is 18.0 Å². The number of carbonyl (C=O) groups excluding carboxylic acids is 1. The van der Waals surface area contributed by atoms with Crippen molar-refractivity contribution >= 4 is 12.1 Å². The van der Waals surface area contributed by atoms with Crippen LogP contribution in [0.1, 0.15) is 17.0 Å². The van der Waals surface area contributed by atoms with Crippen LogP contribution in [0, 0.1) is 6.92 Å². The van der Waals surface area contributed by atoms with Crippen molar-refractivity contribution in [3.63, 3.8) is 0 Å². The van der Waals surface area contributed by atoms with E-state index >= 15 is 0 Å². The van der Waals surface area contributed by atoms with Gasteiger partial charge in [-0.25, -0.2) is 9.78 Å². The number of halogens is 3. The molecule has 4 rings (SSSR count). The summed E-state index contributed by atoms with van der Waals surface area (Å²) in [6, 6.07) is 20.4. The third-order valence-corrected chi connectivity index (χ3v) is 5.64. The van der Waals surface area contributed by atoms with Crippen molar-refractivity contribution in [2.45, 2.75) is 26.3 Å². The molecule has 0 aliphatic rings. The zero-order valence-electron chi connectivity index (χ0n) is 21.8. The van der Waals surface area contributed by atoms with Gasteiger partial charge in [-0.2, -0.15) is 0 Å². The van der Waals surface area contributed by atoms with Crippen LogP contribution in [0.5, 0.6) is 17.2 Å². The lowest BCUT2D eigenvalue weighted by molar-refractivity contribution is -0.274. The summed E-state index contributed by atoms with van der Waals surface area (Å²) in [7, 11) is 0. The van der Waals surface area contributed by atoms with E-state index in [2.05, 4.69) is 9.72 Å². The topological polar surface area (TPSA) is 111 Å². The van der Waals surface area contributed by atoms with Crippen molar-refractivity contribution in [2.75, 3.05) is 13.2 Å². The first-order valence-electron chi connectivity index (χ1n) is 12.3. The van der Waals surface area contributed by atoms with Gasteiger partial charge in [-0.1, -0.05) is 30.3 Å². The van der Waals surface area contributed by atoms with Gasteiger partial charge >= 0.3 is 18.4 Å². The van der Waals surface area contributed by atoms with Gasteiger partial charge in [0.1, 0.15) is 29.6 Å². The number of carbonyl (C=O) groups is 2. The van der Waals surface area contributed by atoms with Crippen LogP contribution in [-0.4, -0.2) is 46.6 Å². The molecule has 0 unspecified atom stereocenters. The number of ether oxygens (including phenoxy) is 3. The largest absolute Gasteiger partial charge is 0.573 e. The summed E-state index contributed by atoms with van der Waals surface area (Å²) in [4.78, 5) is 29.6. The van der Waals surface area contributed by atoms with Gasteiger partial charge in [0.15, 0.2) is 0 Å². The number of aliphatic carboxylic acids is 1. The molecule has 0 fully saturated rings. The van der Waals surface area contributed by atoms with Crippen molar-refractivity contribution in [1.82, 2.24) is 9.88 Å². The minimum absolute atomic E-state index is 0.0874. The molecule has 0 saturated heterocycles. The fourth-order valence-electron chi connectivity index (χ4n) is 3.81. The second-order valence-corrected chi connectivity index (χ2v) is 8.77. The van der Waals surface area contributed by atoms with Crippen molar-refractivity contribution in [3.05, 3.63) is 95.9 Å². The Morgan fingerprint density at radius 3 is 2.34 bits per heavy atom. The molecule has 214 valence electrons. The van der Waals surface area contributed by atoms with Gasteiger partial charge in [-0.3, -0.25) is 9.69 Å². The number of oxazole rings is 1. The number of alkyl halides is 3. The van der Waals surface area contributed by atoms with Crippen LogP contribution < -0.4 is 14.2 Å². The lowest BCUT2D eigenvalue weighted by Crippen LogP contribution is -2.37. The highest BCUT2D eigenvalue weighted by Gasteiger charge is 2.31. The molecular formula is C29H25F3N2O7. The molecule has 0 saturated carbocycles. The Labute approximate surface area is 232 Å². The first-order valence-corrected chi connectivity index (χ1v) is 12.3. The first-order chi connectivity index (χ1) is 19.6. The highest BCUT2D eigenvalue weighted by molar-refractivity contribution is 5.78. The monoisotopic (exact) mass is 570 g/mol. The van der Waals surface area contributed by atoms with E-state index in [-0.39, 0.29) is 12.3 Å². The number of aromatic nitrogens is 1. The Kier molecular flexibility index (Phi) is 9.12. The van der Waals surface area contributed by atoms with E-state index in [4.69, 9.17) is 13.9 Å². The van der Waals surface area contributed by atoms with Crippen LogP contribution >= 0.6 is 0 Å². The van der Waals surface area contributed by atoms with Crippen LogP contribution in [0.2, 0.25) is 0 Å². The molecule has 3 aromatic carbocycles. The Balaban J connectivity index is 1.35. The van der Waals surface area contributed by atoms with Crippen molar-refractivity contribution in [1.29, 1.82) is 0 Å². The number of amides is 1. The Morgan fingerprint density at radius 1 is 0.951 bits per heavy atom. The number of hydrogen-bond donors (Lipinski definition) is 1. The molecule has 4 aromatic rings. The predicted octanol–water partition coefficient (Wildman–Crippen LogP) is 6.26. The summed E-state index contributed by atoms with van der Waals surface area (Å²) in [6.45, 7) is 1.32. The number of carboxylic acids is 1. The molecule has 12 heteroatoms. The van der Waals surface area contributed by atoms with E-state index in [0.717, 1.165) is 40.4 Å². The zero-order chi connectivity index (χ0) is 29.4. The first kappa shape index (κ1) is 29.0. The van der Waals surface area contributed by atoms with Crippen LogP contribution in [0.3, 0.4) is 0 Å². The van der Waals surface area contributed by atoms with E-state index in [1.165, 1.54) is 0 Å². The summed E-state index contributed by atoms with van der Waals surface area (Å²) >= 11 is 0. The number of hydrogen-bond acceptors (Lipinski definition) is 7. The molecule has 0 radical (unpaired) electrons. The van der Waals surface area contributed by atoms with E-state index in [0.29, 0.717) is 36.0 Å². The maximum absolute atomic E-state index is 12.7. The lowest BCUT2D eigenvalue weighted by atomic mass is 10.2. The number of carboxylic acid groups (broad SMARTS) is 1. The summed E-state index contributed by atoms with van der Waals surface area (Å²) in [6.07, 6.45) is -5.38. The number of rotatable bonds is 11. The Morgan fingerprint density at radius 2 is 1.66 bits per heavy atom. The van der Waals surface area contributed by atoms with E-state index in [1.54, 1.807) is 24.3 Å². The third-order valence-electron chi connectivity index (χ3n) is 5.64. The molecule has 0 bridgehead atoms. The van der Waals surface area contributed by atoms with Crippen molar-refractivity contribution < 1.29 is 46.5 Å². The van der Waals surface area contributed by atoms with E-state index in [1.807, 2.05) is 37.3 Å². The fraction of sp³-hybridized carbons (Fsp3) is 0.207. The highest BCUT2D eigenvalue weighted by Crippen LogP contribution is 2.26. The van der Waals surface area contributed by atoms with E-state index < -0.39 is 30.7 Å². The smallest absolute Gasteiger partial charge is 0.493 e. The number of benzene rings is 3. The second kappa shape index (κ2) is 12.9. The molecule has 9 nitrogen and oxygen atoms in total. The quantitative estimate of drug-likeness (QED) is 0.225. The summed E-state index contributed by atoms with van der Waals surface area (Å²) < 4.78 is 57.6. The Bertz CT molecular complexity index is 1470. The lowest BCUT2D eigenvalue weighted by Gasteiger charge is -2.20. The summed E-state index contributed by atoms with van der Waals surface area (Å²) in [5, 5.41) is 9.29. The van der Waals surface area contributed by atoms with Gasteiger partial charge in [0.25, 0.3) is 0 Å². The highest BCUT2D eigenvalue weighted by atomic mass is 19.4. The van der Waals surface area contributed by atoms with Crippen molar-refractivity contribution in [3.8, 4) is 28.7 Å². The average molecular weight is 571 g/mol. The van der Waals surface area contributed by atoms with E-state index in [9.17, 15) is 27.9 Å². The molecular weight excluding hydrogens is 545 g/mol. The Hall–Kier alpha value is -5.00. The molecule has 1 aromatic heterocycles. The molecule has 1 amide bonds. The van der Waals surface area contributed by atoms with Crippen LogP contribution in [0.25, 0.3) is 11.5 Å². The van der Waals surface area contributed by atoms with Gasteiger partial charge in [0.2, 0.25) is 5.89 Å². The van der Waals surface area contributed by atoms with Gasteiger partial charge in [-0.05, 0) is 61.0 Å². The van der Waals surface area contributed by atoms with Gasteiger partial charge in [0.05, 0.1) is 12.3 Å². The number of nitrogens with zero attached hydrogens (tertiary/aromatic N) is 2. The van der Waals surface area contributed by atoms with Crippen LogP contribution in [0.15, 0.2) is 83.3 Å². The van der Waals surface area contributed by atoms with Crippen LogP contribution in [-0.2, 0) is 17.8 Å². The molecule has 1 N–H and O–H groups in total. The zero-order valence-corrected chi connectivity index (χ0v) is 21.8. The fourth-order valence-corrected chi connectivity index (χ4v) is 3.81. The maximum Gasteiger partial charge on any atom is 0.573 e. The number of aryl methyl sites for hydroxylation is 1. The minimum atomic E-state index is -4.87. The summed E-state index contributed by atoms with van der Waals surface area (Å²) in [5.41, 5.74) is 2.19. The van der Waals surface area contributed by atoms with Gasteiger partial charge in [0, 0.05) is 18.5 Å². The molecule has 0 aliphatic carbocycles. The second-order valence-electron chi connectivity index (χ2n) is 8.77. The maximum atomic E-state index is 12.7. The molecule has 1 heterocycles.